The molecule has 25 heavy (non-hydrogen) atoms. The van der Waals surface area contributed by atoms with Gasteiger partial charge in [0.05, 0.1) is 19.1 Å². The number of ether oxygens (including phenoxy) is 2. The minimum atomic E-state index is -0.370. The van der Waals surface area contributed by atoms with Crippen LogP contribution in [0.5, 0.6) is 0 Å². The molecule has 0 saturated carbocycles. The second-order valence-corrected chi connectivity index (χ2v) is 6.18. The fraction of sp³-hybridized carbons (Fsp3) is 0.368. The van der Waals surface area contributed by atoms with Crippen LogP contribution in [0.25, 0.3) is 0 Å². The molecule has 0 bridgehead atoms. The number of non-ortho nitro benzene ring substituents is 1. The van der Waals surface area contributed by atoms with Crippen molar-refractivity contribution < 1.29 is 14.4 Å². The zero-order valence-corrected chi connectivity index (χ0v) is 14.5. The van der Waals surface area contributed by atoms with E-state index in [9.17, 15) is 10.1 Å². The molecule has 0 unspecified atom stereocenters. The molecule has 0 N–H and O–H groups in total. The van der Waals surface area contributed by atoms with Crippen LogP contribution in [-0.2, 0) is 16.0 Å². The molecule has 1 heterocycles. The lowest BCUT2D eigenvalue weighted by Gasteiger charge is -2.20. The van der Waals surface area contributed by atoms with E-state index in [0.29, 0.717) is 0 Å². The van der Waals surface area contributed by atoms with Crippen molar-refractivity contribution in [3.05, 3.63) is 74.8 Å². The van der Waals surface area contributed by atoms with Crippen LogP contribution >= 0.6 is 0 Å². The Balaban J connectivity index is 1.69. The average molecular weight is 342 g/mol. The SMILES string of the molecule is COC1=C(OC)CC2=CCN(Cc3ccc([N+](=O)[O-])cc3)CCC2=C1. The Labute approximate surface area is 147 Å². The summed E-state index contributed by atoms with van der Waals surface area (Å²) < 4.78 is 10.9. The quantitative estimate of drug-likeness (QED) is 0.605. The highest BCUT2D eigenvalue weighted by atomic mass is 16.6. The molecular weight excluding hydrogens is 320 g/mol. The molecule has 0 atom stereocenters. The number of hydrogen-bond donors (Lipinski definition) is 0. The normalized spacial score (nSPS) is 18.0. The van der Waals surface area contributed by atoms with Crippen LogP contribution in [0.3, 0.4) is 0 Å². The van der Waals surface area contributed by atoms with E-state index in [1.807, 2.05) is 12.1 Å². The van der Waals surface area contributed by atoms with E-state index in [1.54, 1.807) is 26.4 Å². The predicted octanol–water partition coefficient (Wildman–Crippen LogP) is 3.56. The second kappa shape index (κ2) is 7.53. The van der Waals surface area contributed by atoms with Gasteiger partial charge < -0.3 is 9.47 Å². The Kier molecular flexibility index (Phi) is 5.19. The number of hydrogen-bond acceptors (Lipinski definition) is 5. The smallest absolute Gasteiger partial charge is 0.269 e. The summed E-state index contributed by atoms with van der Waals surface area (Å²) in [4.78, 5) is 12.7. The van der Waals surface area contributed by atoms with Crippen molar-refractivity contribution in [3.8, 4) is 0 Å². The van der Waals surface area contributed by atoms with Gasteiger partial charge in [-0.1, -0.05) is 18.2 Å². The number of nitro groups is 1. The van der Waals surface area contributed by atoms with E-state index in [1.165, 1.54) is 11.1 Å². The molecule has 0 saturated heterocycles. The van der Waals surface area contributed by atoms with Crippen LogP contribution in [0.2, 0.25) is 0 Å². The number of rotatable bonds is 5. The Hall–Kier alpha value is -2.60. The van der Waals surface area contributed by atoms with Crippen molar-refractivity contribution in [3.63, 3.8) is 0 Å². The monoisotopic (exact) mass is 342 g/mol. The standard InChI is InChI=1S/C19H22N2O4/c1-24-18-11-15-7-9-20(10-8-16(15)12-19(18)25-2)13-14-3-5-17(6-4-14)21(22)23/h3-7,12H,8-11,13H2,1-2H3. The predicted molar refractivity (Wildman–Crippen MR) is 94.8 cm³/mol. The highest BCUT2D eigenvalue weighted by molar-refractivity contribution is 5.44. The Morgan fingerprint density at radius 1 is 1.16 bits per heavy atom. The minimum absolute atomic E-state index is 0.128. The van der Waals surface area contributed by atoms with Gasteiger partial charge in [-0.05, 0) is 29.2 Å². The van der Waals surface area contributed by atoms with Gasteiger partial charge in [-0.2, -0.15) is 0 Å². The summed E-state index contributed by atoms with van der Waals surface area (Å²) in [5, 5.41) is 10.8. The highest BCUT2D eigenvalue weighted by Crippen LogP contribution is 2.33. The number of nitrogens with zero attached hydrogens (tertiary/aromatic N) is 2. The largest absolute Gasteiger partial charge is 0.497 e. The Morgan fingerprint density at radius 2 is 1.92 bits per heavy atom. The zero-order chi connectivity index (χ0) is 17.8. The van der Waals surface area contributed by atoms with Gasteiger partial charge in [0.2, 0.25) is 0 Å². The third-order valence-corrected chi connectivity index (χ3v) is 4.66. The number of benzene rings is 1. The lowest BCUT2D eigenvalue weighted by atomic mass is 9.94. The van der Waals surface area contributed by atoms with Crippen molar-refractivity contribution >= 4 is 5.69 Å². The molecule has 1 aliphatic heterocycles. The van der Waals surface area contributed by atoms with Crippen LogP contribution in [0, 0.1) is 10.1 Å². The number of methoxy groups -OCH3 is 2. The van der Waals surface area contributed by atoms with Gasteiger partial charge in [0.1, 0.15) is 5.76 Å². The topological polar surface area (TPSA) is 64.8 Å². The molecule has 0 spiro atoms. The van der Waals surface area contributed by atoms with Gasteiger partial charge in [0.25, 0.3) is 5.69 Å². The third kappa shape index (κ3) is 3.91. The van der Waals surface area contributed by atoms with Crippen molar-refractivity contribution in [2.75, 3.05) is 27.3 Å². The van der Waals surface area contributed by atoms with Crippen LogP contribution in [0.15, 0.2) is 59.1 Å². The van der Waals surface area contributed by atoms with Crippen LogP contribution in [0.1, 0.15) is 18.4 Å². The van der Waals surface area contributed by atoms with Gasteiger partial charge in [-0.25, -0.2) is 0 Å². The van der Waals surface area contributed by atoms with Crippen molar-refractivity contribution in [2.45, 2.75) is 19.4 Å². The number of allylic oxidation sites excluding steroid dienone is 2. The highest BCUT2D eigenvalue weighted by Gasteiger charge is 2.22. The molecule has 6 nitrogen and oxygen atoms in total. The van der Waals surface area contributed by atoms with Crippen molar-refractivity contribution in [1.82, 2.24) is 4.90 Å². The zero-order valence-electron chi connectivity index (χ0n) is 14.5. The lowest BCUT2D eigenvalue weighted by molar-refractivity contribution is -0.384. The van der Waals surface area contributed by atoms with E-state index < -0.39 is 0 Å². The maximum Gasteiger partial charge on any atom is 0.269 e. The maximum atomic E-state index is 10.8. The number of nitro benzene ring substituents is 1. The van der Waals surface area contributed by atoms with Crippen molar-refractivity contribution in [1.29, 1.82) is 0 Å². The summed E-state index contributed by atoms with van der Waals surface area (Å²) >= 11 is 0. The van der Waals surface area contributed by atoms with Gasteiger partial charge in [-0.3, -0.25) is 15.0 Å². The second-order valence-electron chi connectivity index (χ2n) is 6.18. The summed E-state index contributed by atoms with van der Waals surface area (Å²) in [7, 11) is 3.34. The molecule has 6 heteroatoms. The summed E-state index contributed by atoms with van der Waals surface area (Å²) in [5.41, 5.74) is 3.80. The molecule has 3 rings (SSSR count). The summed E-state index contributed by atoms with van der Waals surface area (Å²) in [6.07, 6.45) is 6.03. The molecule has 2 aliphatic rings. The average Bonchev–Trinajstić information content (AvgIpc) is 2.83. The van der Waals surface area contributed by atoms with Crippen LogP contribution in [-0.4, -0.2) is 37.1 Å². The van der Waals surface area contributed by atoms with Crippen LogP contribution < -0.4 is 0 Å². The molecular formula is C19H22N2O4. The lowest BCUT2D eigenvalue weighted by Crippen LogP contribution is -2.23. The molecule has 0 fully saturated rings. The van der Waals surface area contributed by atoms with Gasteiger partial charge in [0, 0.05) is 38.2 Å². The van der Waals surface area contributed by atoms with Gasteiger partial charge in [-0.15, -0.1) is 0 Å². The van der Waals surface area contributed by atoms with Crippen molar-refractivity contribution in [2.24, 2.45) is 0 Å². The first-order chi connectivity index (χ1) is 12.1. The summed E-state index contributed by atoms with van der Waals surface area (Å²) in [6.45, 7) is 2.56. The fourth-order valence-corrected chi connectivity index (χ4v) is 3.22. The van der Waals surface area contributed by atoms with Gasteiger partial charge in [0.15, 0.2) is 5.76 Å². The molecule has 0 radical (unpaired) electrons. The molecule has 1 aliphatic carbocycles. The Morgan fingerprint density at radius 3 is 2.56 bits per heavy atom. The van der Waals surface area contributed by atoms with E-state index in [0.717, 1.165) is 49.6 Å². The third-order valence-electron chi connectivity index (χ3n) is 4.66. The van der Waals surface area contributed by atoms with E-state index >= 15 is 0 Å². The molecule has 132 valence electrons. The Bertz CT molecular complexity index is 747. The molecule has 1 aromatic rings. The molecule has 0 amide bonds. The first kappa shape index (κ1) is 17.2. The maximum absolute atomic E-state index is 10.8. The number of fused-ring (bicyclic) bond motifs is 1. The summed E-state index contributed by atoms with van der Waals surface area (Å²) in [5.74, 6) is 1.67. The molecule has 0 aromatic heterocycles. The van der Waals surface area contributed by atoms with E-state index in [4.69, 9.17) is 9.47 Å². The fourth-order valence-electron chi connectivity index (χ4n) is 3.22. The van der Waals surface area contributed by atoms with E-state index in [2.05, 4.69) is 17.1 Å². The molecule has 1 aromatic carbocycles. The van der Waals surface area contributed by atoms with E-state index in [-0.39, 0.29) is 10.6 Å². The summed E-state index contributed by atoms with van der Waals surface area (Å²) in [6, 6.07) is 6.79. The first-order valence-electron chi connectivity index (χ1n) is 8.27. The van der Waals surface area contributed by atoms with Gasteiger partial charge >= 0.3 is 0 Å². The first-order valence-corrected chi connectivity index (χ1v) is 8.27. The minimum Gasteiger partial charge on any atom is -0.497 e. The van der Waals surface area contributed by atoms with Crippen LogP contribution in [0.4, 0.5) is 5.69 Å².